The van der Waals surface area contributed by atoms with E-state index in [-0.39, 0.29) is 11.5 Å². The van der Waals surface area contributed by atoms with E-state index >= 15 is 0 Å². The van der Waals surface area contributed by atoms with Gasteiger partial charge in [0.05, 0.1) is 11.5 Å². The van der Waals surface area contributed by atoms with Gasteiger partial charge in [0.2, 0.25) is 0 Å². The highest BCUT2D eigenvalue weighted by Crippen LogP contribution is 2.39. The summed E-state index contributed by atoms with van der Waals surface area (Å²) in [5, 5.41) is 2.06. The highest BCUT2D eigenvalue weighted by Gasteiger charge is 2.27. The zero-order chi connectivity index (χ0) is 9.26. The molecule has 0 N–H and O–H groups in total. The van der Waals surface area contributed by atoms with E-state index in [9.17, 15) is 0 Å². The molecule has 72 valence electrons. The van der Waals surface area contributed by atoms with Gasteiger partial charge >= 0.3 is 0 Å². The van der Waals surface area contributed by atoms with Crippen LogP contribution in [0.3, 0.4) is 0 Å². The molecule has 0 saturated carbocycles. The van der Waals surface area contributed by atoms with Crippen LogP contribution >= 0.6 is 38.9 Å². The van der Waals surface area contributed by atoms with E-state index in [1.807, 2.05) is 11.4 Å². The molecular formula is C9H10BrClOS. The lowest BCUT2D eigenvalue weighted by molar-refractivity contribution is 0.108. The van der Waals surface area contributed by atoms with E-state index in [1.54, 1.807) is 11.3 Å². The van der Waals surface area contributed by atoms with Crippen LogP contribution in [0.1, 0.15) is 23.1 Å². The fourth-order valence-corrected chi connectivity index (χ4v) is 3.75. The molecule has 1 saturated heterocycles. The van der Waals surface area contributed by atoms with Gasteiger partial charge in [-0.2, -0.15) is 0 Å². The predicted molar refractivity (Wildman–Crippen MR) is 59.6 cm³/mol. The van der Waals surface area contributed by atoms with Crippen LogP contribution in [0.15, 0.2) is 15.9 Å². The summed E-state index contributed by atoms with van der Waals surface area (Å²) in [4.78, 5) is 1.19. The predicted octanol–water partition coefficient (Wildman–Crippen LogP) is 3.97. The summed E-state index contributed by atoms with van der Waals surface area (Å²) in [6.45, 7) is 0.858. The molecule has 1 aliphatic heterocycles. The molecule has 2 rings (SSSR count). The number of hydrogen-bond acceptors (Lipinski definition) is 2. The van der Waals surface area contributed by atoms with Gasteiger partial charge in [-0.1, -0.05) is 0 Å². The summed E-state index contributed by atoms with van der Waals surface area (Å²) in [6.07, 6.45) is 2.42. The van der Waals surface area contributed by atoms with Crippen LogP contribution in [-0.2, 0) is 4.74 Å². The minimum atomic E-state index is 0.0110. The minimum Gasteiger partial charge on any atom is -0.376 e. The quantitative estimate of drug-likeness (QED) is 0.745. The maximum atomic E-state index is 6.31. The van der Waals surface area contributed by atoms with Gasteiger partial charge in [0, 0.05) is 16.0 Å². The van der Waals surface area contributed by atoms with E-state index < -0.39 is 0 Å². The van der Waals surface area contributed by atoms with Gasteiger partial charge < -0.3 is 4.74 Å². The molecule has 2 heterocycles. The van der Waals surface area contributed by atoms with Gasteiger partial charge in [0.15, 0.2) is 0 Å². The second-order valence-electron chi connectivity index (χ2n) is 3.09. The molecule has 0 amide bonds. The molecule has 0 aliphatic carbocycles. The van der Waals surface area contributed by atoms with Gasteiger partial charge in [0.1, 0.15) is 0 Å². The molecule has 1 aromatic rings. The van der Waals surface area contributed by atoms with Crippen molar-refractivity contribution in [1.82, 2.24) is 0 Å². The summed E-state index contributed by atoms with van der Waals surface area (Å²) in [5.74, 6) is 0. The Hall–Kier alpha value is 0.430. The second-order valence-corrected chi connectivity index (χ2v) is 5.36. The van der Waals surface area contributed by atoms with Crippen LogP contribution in [0.4, 0.5) is 0 Å². The van der Waals surface area contributed by atoms with Crippen molar-refractivity contribution in [1.29, 1.82) is 0 Å². The normalized spacial score (nSPS) is 24.9. The third kappa shape index (κ3) is 2.09. The zero-order valence-electron chi connectivity index (χ0n) is 7.00. The number of hydrogen-bond donors (Lipinski definition) is 0. The fraction of sp³-hybridized carbons (Fsp3) is 0.556. The van der Waals surface area contributed by atoms with Crippen LogP contribution in [0.2, 0.25) is 0 Å². The summed E-state index contributed by atoms with van der Waals surface area (Å²) < 4.78 is 6.65. The molecule has 1 fully saturated rings. The van der Waals surface area contributed by atoms with Crippen LogP contribution in [0, 0.1) is 0 Å². The molecule has 13 heavy (non-hydrogen) atoms. The van der Waals surface area contributed by atoms with Crippen molar-refractivity contribution in [3.8, 4) is 0 Å². The van der Waals surface area contributed by atoms with E-state index in [1.165, 1.54) is 4.88 Å². The maximum absolute atomic E-state index is 6.31. The summed E-state index contributed by atoms with van der Waals surface area (Å²) in [5.41, 5.74) is 0. The van der Waals surface area contributed by atoms with Gasteiger partial charge in [-0.05, 0) is 40.2 Å². The Balaban J connectivity index is 2.12. The average molecular weight is 282 g/mol. The lowest BCUT2D eigenvalue weighted by atomic mass is 10.1. The number of halogens is 2. The van der Waals surface area contributed by atoms with Gasteiger partial charge in [-0.15, -0.1) is 22.9 Å². The second kappa shape index (κ2) is 4.30. The molecule has 1 aliphatic rings. The van der Waals surface area contributed by atoms with Crippen LogP contribution < -0.4 is 0 Å². The standard InChI is InChI=1S/C9H10BrClOS/c10-6-3-5-13-9(6)8(11)7-2-1-4-12-7/h3,5,7-8H,1-2,4H2. The molecule has 0 aromatic carbocycles. The first kappa shape index (κ1) is 9.97. The van der Waals surface area contributed by atoms with Crippen LogP contribution in [0.25, 0.3) is 0 Å². The topological polar surface area (TPSA) is 9.23 Å². The number of rotatable bonds is 2. The molecule has 0 spiro atoms. The number of thiophene rings is 1. The third-order valence-electron chi connectivity index (χ3n) is 2.19. The van der Waals surface area contributed by atoms with E-state index in [0.717, 1.165) is 23.9 Å². The molecule has 4 heteroatoms. The molecule has 0 bridgehead atoms. The molecule has 2 unspecified atom stereocenters. The van der Waals surface area contributed by atoms with E-state index in [2.05, 4.69) is 15.9 Å². The SMILES string of the molecule is ClC(c1sccc1Br)C1CCCO1. The highest BCUT2D eigenvalue weighted by molar-refractivity contribution is 9.10. The van der Waals surface area contributed by atoms with Crippen molar-refractivity contribution >= 4 is 38.9 Å². The Labute approximate surface area is 95.2 Å². The highest BCUT2D eigenvalue weighted by atomic mass is 79.9. The molecule has 2 atom stereocenters. The van der Waals surface area contributed by atoms with Crippen molar-refractivity contribution in [3.63, 3.8) is 0 Å². The number of alkyl halides is 1. The number of ether oxygens (including phenoxy) is 1. The lowest BCUT2D eigenvalue weighted by Gasteiger charge is -2.15. The minimum absolute atomic E-state index is 0.0110. The van der Waals surface area contributed by atoms with E-state index in [4.69, 9.17) is 16.3 Å². The molecule has 1 aromatic heterocycles. The van der Waals surface area contributed by atoms with Crippen LogP contribution in [0.5, 0.6) is 0 Å². The van der Waals surface area contributed by atoms with E-state index in [0.29, 0.717) is 0 Å². The Morgan fingerprint density at radius 2 is 2.54 bits per heavy atom. The summed E-state index contributed by atoms with van der Waals surface area (Å²) in [7, 11) is 0. The van der Waals surface area contributed by atoms with Crippen molar-refractivity contribution in [2.24, 2.45) is 0 Å². The van der Waals surface area contributed by atoms with Crippen LogP contribution in [-0.4, -0.2) is 12.7 Å². The molecule has 1 nitrogen and oxygen atoms in total. The first-order valence-electron chi connectivity index (χ1n) is 4.27. The van der Waals surface area contributed by atoms with Crippen molar-refractivity contribution in [2.45, 2.75) is 24.3 Å². The van der Waals surface area contributed by atoms with Gasteiger partial charge in [-0.3, -0.25) is 0 Å². The Morgan fingerprint density at radius 1 is 1.69 bits per heavy atom. The average Bonchev–Trinajstić information content (AvgIpc) is 2.72. The van der Waals surface area contributed by atoms with Crippen molar-refractivity contribution in [2.75, 3.05) is 6.61 Å². The Morgan fingerprint density at radius 3 is 3.08 bits per heavy atom. The Kier molecular flexibility index (Phi) is 3.30. The lowest BCUT2D eigenvalue weighted by Crippen LogP contribution is -2.11. The maximum Gasteiger partial charge on any atom is 0.0951 e. The largest absolute Gasteiger partial charge is 0.376 e. The first-order valence-corrected chi connectivity index (χ1v) is 6.38. The Bertz CT molecular complexity index is 283. The summed E-state index contributed by atoms with van der Waals surface area (Å²) in [6, 6.07) is 2.03. The summed E-state index contributed by atoms with van der Waals surface area (Å²) >= 11 is 11.5. The van der Waals surface area contributed by atoms with Gasteiger partial charge in [0.25, 0.3) is 0 Å². The van der Waals surface area contributed by atoms with Crippen molar-refractivity contribution in [3.05, 3.63) is 20.8 Å². The third-order valence-corrected chi connectivity index (χ3v) is 4.77. The van der Waals surface area contributed by atoms with Crippen molar-refractivity contribution < 1.29 is 4.74 Å². The molecule has 0 radical (unpaired) electrons. The fourth-order valence-electron chi connectivity index (χ4n) is 1.50. The van der Waals surface area contributed by atoms with Gasteiger partial charge in [-0.25, -0.2) is 0 Å². The smallest absolute Gasteiger partial charge is 0.0951 e. The monoisotopic (exact) mass is 280 g/mol. The zero-order valence-corrected chi connectivity index (χ0v) is 10.2. The first-order chi connectivity index (χ1) is 6.29. The molecular weight excluding hydrogens is 272 g/mol.